The average molecular weight is 404 g/mol. The highest BCUT2D eigenvalue weighted by molar-refractivity contribution is 5.84. The minimum Gasteiger partial charge on any atom is -0.456 e. The minimum atomic E-state index is -1.00. The van der Waals surface area contributed by atoms with Gasteiger partial charge in [0.25, 0.3) is 5.91 Å². The standard InChI is InChI=1S/C22H33N3O4/c1-14(2)21(3,13-23)25-18(26)12-29-19(27)4-5-24-20(28)22-9-15-6-16(10-22)8-17(7-15)11-22/h14-17H,4-12H2,1-3H3,(H,24,28)(H,25,26)/t15?,16?,17?,21-,22?/m0/s1. The number of carbonyl (C=O) groups excluding carboxylic acids is 3. The molecule has 0 heterocycles. The summed E-state index contributed by atoms with van der Waals surface area (Å²) in [5.74, 6) is 1.06. The summed E-state index contributed by atoms with van der Waals surface area (Å²) in [7, 11) is 0. The van der Waals surface area contributed by atoms with Crippen molar-refractivity contribution in [1.29, 1.82) is 5.26 Å². The Morgan fingerprint density at radius 1 is 1.14 bits per heavy atom. The number of rotatable bonds is 8. The van der Waals surface area contributed by atoms with Gasteiger partial charge in [-0.2, -0.15) is 5.26 Å². The Morgan fingerprint density at radius 2 is 1.69 bits per heavy atom. The predicted molar refractivity (Wildman–Crippen MR) is 106 cm³/mol. The van der Waals surface area contributed by atoms with Crippen molar-refractivity contribution < 1.29 is 19.1 Å². The van der Waals surface area contributed by atoms with E-state index in [4.69, 9.17) is 4.74 Å². The number of amides is 2. The molecule has 2 N–H and O–H groups in total. The molecule has 29 heavy (non-hydrogen) atoms. The van der Waals surface area contributed by atoms with Crippen LogP contribution in [0.5, 0.6) is 0 Å². The van der Waals surface area contributed by atoms with Crippen molar-refractivity contribution in [3.05, 3.63) is 0 Å². The summed E-state index contributed by atoms with van der Waals surface area (Å²) in [6.45, 7) is 5.11. The Kier molecular flexibility index (Phi) is 6.21. The molecule has 2 amide bonds. The maximum absolute atomic E-state index is 12.8. The van der Waals surface area contributed by atoms with Crippen molar-refractivity contribution in [2.24, 2.45) is 29.1 Å². The molecule has 0 radical (unpaired) electrons. The van der Waals surface area contributed by atoms with Gasteiger partial charge in [0.1, 0.15) is 5.54 Å². The van der Waals surface area contributed by atoms with Crippen LogP contribution in [0.25, 0.3) is 0 Å². The first kappa shape index (κ1) is 21.6. The zero-order valence-corrected chi connectivity index (χ0v) is 17.8. The summed E-state index contributed by atoms with van der Waals surface area (Å²) >= 11 is 0. The number of hydrogen-bond donors (Lipinski definition) is 2. The van der Waals surface area contributed by atoms with Gasteiger partial charge in [-0.05, 0) is 69.1 Å². The SMILES string of the molecule is CC(C)[C@](C)(C#N)NC(=O)COC(=O)CCNC(=O)C12CC3CC(CC(C3)C1)C2. The van der Waals surface area contributed by atoms with E-state index in [1.807, 2.05) is 13.8 Å². The second kappa shape index (κ2) is 8.33. The van der Waals surface area contributed by atoms with Crippen molar-refractivity contribution in [2.75, 3.05) is 13.2 Å². The smallest absolute Gasteiger partial charge is 0.308 e. The molecule has 7 nitrogen and oxygen atoms in total. The van der Waals surface area contributed by atoms with Crippen LogP contribution in [0.4, 0.5) is 0 Å². The fraction of sp³-hybridized carbons (Fsp3) is 0.818. The molecule has 0 aromatic carbocycles. The topological polar surface area (TPSA) is 108 Å². The van der Waals surface area contributed by atoms with Crippen molar-refractivity contribution in [1.82, 2.24) is 10.6 Å². The first-order valence-corrected chi connectivity index (χ1v) is 10.8. The van der Waals surface area contributed by atoms with Crippen molar-refractivity contribution in [3.63, 3.8) is 0 Å². The molecule has 4 aliphatic rings. The fourth-order valence-electron chi connectivity index (χ4n) is 5.70. The van der Waals surface area contributed by atoms with Crippen molar-refractivity contribution in [2.45, 2.75) is 71.3 Å². The van der Waals surface area contributed by atoms with Crippen LogP contribution in [0, 0.1) is 40.4 Å². The van der Waals surface area contributed by atoms with E-state index < -0.39 is 24.0 Å². The molecular weight excluding hydrogens is 370 g/mol. The normalized spacial score (nSPS) is 31.6. The summed E-state index contributed by atoms with van der Waals surface area (Å²) in [5.41, 5.74) is -1.23. The summed E-state index contributed by atoms with van der Waals surface area (Å²) in [4.78, 5) is 36.7. The van der Waals surface area contributed by atoms with Gasteiger partial charge >= 0.3 is 5.97 Å². The molecule has 0 aliphatic heterocycles. The molecule has 4 bridgehead atoms. The number of nitrogens with one attached hydrogen (secondary N) is 2. The highest BCUT2D eigenvalue weighted by atomic mass is 16.5. The van der Waals surface area contributed by atoms with Crippen LogP contribution in [0.1, 0.15) is 65.7 Å². The fourth-order valence-corrected chi connectivity index (χ4v) is 5.70. The van der Waals surface area contributed by atoms with E-state index in [0.717, 1.165) is 19.3 Å². The van der Waals surface area contributed by atoms with E-state index in [1.54, 1.807) is 6.92 Å². The molecule has 0 spiro atoms. The lowest BCUT2D eigenvalue weighted by atomic mass is 9.49. The summed E-state index contributed by atoms with van der Waals surface area (Å²) < 4.78 is 4.99. The lowest BCUT2D eigenvalue weighted by molar-refractivity contribution is -0.150. The van der Waals surface area contributed by atoms with E-state index in [-0.39, 0.29) is 30.2 Å². The van der Waals surface area contributed by atoms with Gasteiger partial charge in [-0.25, -0.2) is 0 Å². The second-order valence-corrected chi connectivity index (χ2v) is 9.88. The van der Waals surface area contributed by atoms with Gasteiger partial charge in [-0.3, -0.25) is 14.4 Å². The number of ether oxygens (including phenoxy) is 1. The number of esters is 1. The Labute approximate surface area is 172 Å². The molecular formula is C22H33N3O4. The van der Waals surface area contributed by atoms with Crippen LogP contribution in [0.2, 0.25) is 0 Å². The largest absolute Gasteiger partial charge is 0.456 e. The zero-order chi connectivity index (χ0) is 21.2. The van der Waals surface area contributed by atoms with Gasteiger partial charge in [0.15, 0.2) is 6.61 Å². The quantitative estimate of drug-likeness (QED) is 0.605. The van der Waals surface area contributed by atoms with Crippen LogP contribution >= 0.6 is 0 Å². The molecule has 4 rings (SSSR count). The molecule has 7 heteroatoms. The molecule has 0 aromatic rings. The molecule has 0 unspecified atom stereocenters. The van der Waals surface area contributed by atoms with E-state index in [0.29, 0.717) is 17.8 Å². The summed E-state index contributed by atoms with van der Waals surface area (Å²) in [6, 6.07) is 2.08. The maximum atomic E-state index is 12.8. The Bertz CT molecular complexity index is 676. The van der Waals surface area contributed by atoms with Gasteiger partial charge in [0.05, 0.1) is 12.5 Å². The number of nitrogens with zero attached hydrogens (tertiary/aromatic N) is 1. The molecule has 0 aromatic heterocycles. The molecule has 4 fully saturated rings. The number of carbonyl (C=O) groups is 3. The zero-order valence-electron chi connectivity index (χ0n) is 17.8. The summed E-state index contributed by atoms with van der Waals surface area (Å²) in [6.07, 6.45) is 6.84. The van der Waals surface area contributed by atoms with E-state index >= 15 is 0 Å². The monoisotopic (exact) mass is 403 g/mol. The van der Waals surface area contributed by atoms with Crippen molar-refractivity contribution >= 4 is 17.8 Å². The van der Waals surface area contributed by atoms with E-state index in [9.17, 15) is 19.6 Å². The highest BCUT2D eigenvalue weighted by Gasteiger charge is 2.54. The van der Waals surface area contributed by atoms with E-state index in [2.05, 4.69) is 16.7 Å². The van der Waals surface area contributed by atoms with Crippen molar-refractivity contribution in [3.8, 4) is 6.07 Å². The van der Waals surface area contributed by atoms with Crippen LogP contribution in [-0.2, 0) is 19.1 Å². The third-order valence-electron chi connectivity index (χ3n) is 7.28. The van der Waals surface area contributed by atoms with Gasteiger partial charge in [-0.15, -0.1) is 0 Å². The average Bonchev–Trinajstić information content (AvgIpc) is 2.65. The first-order valence-electron chi connectivity index (χ1n) is 10.8. The lowest BCUT2D eigenvalue weighted by Gasteiger charge is -2.55. The second-order valence-electron chi connectivity index (χ2n) is 9.88. The van der Waals surface area contributed by atoms with Gasteiger partial charge < -0.3 is 15.4 Å². The summed E-state index contributed by atoms with van der Waals surface area (Å²) in [5, 5.41) is 14.8. The number of hydrogen-bond acceptors (Lipinski definition) is 5. The molecule has 4 saturated carbocycles. The Hall–Kier alpha value is -2.10. The first-order chi connectivity index (χ1) is 13.7. The Balaban J connectivity index is 1.38. The minimum absolute atomic E-state index is 0.0328. The molecule has 0 saturated heterocycles. The van der Waals surface area contributed by atoms with Crippen LogP contribution in [0.15, 0.2) is 0 Å². The van der Waals surface area contributed by atoms with Gasteiger partial charge in [0.2, 0.25) is 5.91 Å². The molecule has 160 valence electrons. The van der Waals surface area contributed by atoms with Gasteiger partial charge in [0, 0.05) is 12.0 Å². The third kappa shape index (κ3) is 4.73. The third-order valence-corrected chi connectivity index (χ3v) is 7.28. The molecule has 4 aliphatic carbocycles. The van der Waals surface area contributed by atoms with Crippen LogP contribution < -0.4 is 10.6 Å². The van der Waals surface area contributed by atoms with Gasteiger partial charge in [-0.1, -0.05) is 13.8 Å². The Morgan fingerprint density at radius 3 is 2.17 bits per heavy atom. The highest BCUT2D eigenvalue weighted by Crippen LogP contribution is 2.60. The number of nitriles is 1. The molecule has 1 atom stereocenters. The van der Waals surface area contributed by atoms with Crippen LogP contribution in [-0.4, -0.2) is 36.5 Å². The van der Waals surface area contributed by atoms with E-state index in [1.165, 1.54) is 19.3 Å². The predicted octanol–water partition coefficient (Wildman–Crippen LogP) is 2.31. The lowest BCUT2D eigenvalue weighted by Crippen LogP contribution is -2.53. The van der Waals surface area contributed by atoms with Crippen LogP contribution in [0.3, 0.4) is 0 Å². The maximum Gasteiger partial charge on any atom is 0.308 e.